The first-order valence-electron chi connectivity index (χ1n) is 11.7. The van der Waals surface area contributed by atoms with Crippen LogP contribution in [0.2, 0.25) is 5.02 Å². The zero-order valence-corrected chi connectivity index (χ0v) is 22.7. The lowest BCUT2D eigenvalue weighted by Crippen LogP contribution is -2.36. The number of carbonyl (C=O) groups excluding carboxylic acids is 4. The van der Waals surface area contributed by atoms with Crippen molar-refractivity contribution >= 4 is 58.1 Å². The number of nitrogens with one attached hydrogen (secondary N) is 1. The second-order valence-electron chi connectivity index (χ2n) is 7.87. The second-order valence-corrected chi connectivity index (χ2v) is 9.27. The summed E-state index contributed by atoms with van der Waals surface area (Å²) in [5, 5.41) is 2.14. The van der Waals surface area contributed by atoms with Crippen LogP contribution < -0.4 is 14.8 Å². The first kappa shape index (κ1) is 28.8. The molecule has 0 aliphatic carbocycles. The standard InChI is InChI=1S/C27H27ClN2O7S/c1-5-8-17-11-16(12-21(36-6-2)24(17)37-7-3)13-22-25(32)30(27(34)38-22)15-23(31)29-18-9-10-20(28)19(14-18)26(33)35-4/h5,9-14H,1,6-8,15H2,2-4H3,(H,29,31)/b22-13+. The van der Waals surface area contributed by atoms with E-state index in [1.807, 2.05) is 19.9 Å². The van der Waals surface area contributed by atoms with Gasteiger partial charge in [0.1, 0.15) is 6.54 Å². The Bertz CT molecular complexity index is 1310. The monoisotopic (exact) mass is 558 g/mol. The number of anilines is 1. The fraction of sp³-hybridized carbons (Fsp3) is 0.259. The zero-order chi connectivity index (χ0) is 27.8. The Labute approximate surface area is 229 Å². The molecule has 1 aliphatic rings. The van der Waals surface area contributed by atoms with Gasteiger partial charge < -0.3 is 19.5 Å². The number of imide groups is 1. The number of rotatable bonds is 11. The maximum atomic E-state index is 13.0. The van der Waals surface area contributed by atoms with Gasteiger partial charge in [-0.1, -0.05) is 17.7 Å². The van der Waals surface area contributed by atoms with Crippen LogP contribution in [-0.2, 0) is 20.7 Å². The van der Waals surface area contributed by atoms with Gasteiger partial charge in [-0.25, -0.2) is 4.79 Å². The molecule has 38 heavy (non-hydrogen) atoms. The van der Waals surface area contributed by atoms with Gasteiger partial charge in [-0.05, 0) is 74.0 Å². The van der Waals surface area contributed by atoms with Gasteiger partial charge in [0.2, 0.25) is 5.91 Å². The predicted octanol–water partition coefficient (Wildman–Crippen LogP) is 5.33. The molecular formula is C27H27ClN2O7S. The van der Waals surface area contributed by atoms with E-state index in [0.717, 1.165) is 22.2 Å². The topological polar surface area (TPSA) is 111 Å². The molecule has 0 atom stereocenters. The highest BCUT2D eigenvalue weighted by molar-refractivity contribution is 8.18. The SMILES string of the molecule is C=CCc1cc(/C=C2/SC(=O)N(CC(=O)Nc3ccc(Cl)c(C(=O)OC)c3)C2=O)cc(OCC)c1OCC. The molecule has 200 valence electrons. The molecular weight excluding hydrogens is 532 g/mol. The molecule has 0 bridgehead atoms. The van der Waals surface area contributed by atoms with Gasteiger partial charge in [-0.2, -0.15) is 0 Å². The highest BCUT2D eigenvalue weighted by Crippen LogP contribution is 2.37. The molecule has 0 saturated carbocycles. The van der Waals surface area contributed by atoms with Crippen molar-refractivity contribution in [1.82, 2.24) is 4.90 Å². The Morgan fingerprint density at radius 2 is 1.87 bits per heavy atom. The molecule has 1 N–H and O–H groups in total. The Morgan fingerprint density at radius 1 is 1.13 bits per heavy atom. The number of amides is 3. The van der Waals surface area contributed by atoms with Crippen LogP contribution in [0.1, 0.15) is 35.3 Å². The van der Waals surface area contributed by atoms with E-state index in [0.29, 0.717) is 36.7 Å². The van der Waals surface area contributed by atoms with E-state index in [9.17, 15) is 19.2 Å². The lowest BCUT2D eigenvalue weighted by Gasteiger charge is -2.16. The van der Waals surface area contributed by atoms with E-state index < -0.39 is 29.6 Å². The highest BCUT2D eigenvalue weighted by atomic mass is 35.5. The van der Waals surface area contributed by atoms with Gasteiger partial charge in [-0.3, -0.25) is 19.3 Å². The number of benzene rings is 2. The molecule has 1 saturated heterocycles. The average Bonchev–Trinajstić information content (AvgIpc) is 3.14. The summed E-state index contributed by atoms with van der Waals surface area (Å²) in [7, 11) is 1.21. The van der Waals surface area contributed by atoms with E-state index in [1.54, 1.807) is 18.2 Å². The lowest BCUT2D eigenvalue weighted by molar-refractivity contribution is -0.127. The van der Waals surface area contributed by atoms with Crippen LogP contribution in [0.15, 0.2) is 47.9 Å². The third-order valence-electron chi connectivity index (χ3n) is 5.24. The summed E-state index contributed by atoms with van der Waals surface area (Å²) in [6.45, 7) is 7.87. The molecule has 9 nitrogen and oxygen atoms in total. The van der Waals surface area contributed by atoms with E-state index in [4.69, 9.17) is 21.1 Å². The fourth-order valence-corrected chi connectivity index (χ4v) is 4.68. The van der Waals surface area contributed by atoms with E-state index in [2.05, 4.69) is 16.6 Å². The van der Waals surface area contributed by atoms with Crippen molar-refractivity contribution in [2.24, 2.45) is 0 Å². The molecule has 0 aromatic heterocycles. The first-order chi connectivity index (χ1) is 18.2. The Balaban J connectivity index is 1.80. The molecule has 1 heterocycles. The minimum absolute atomic E-state index is 0.0682. The second kappa shape index (κ2) is 13.2. The Hall–Kier alpha value is -3.76. The quantitative estimate of drug-likeness (QED) is 0.224. The maximum Gasteiger partial charge on any atom is 0.339 e. The summed E-state index contributed by atoms with van der Waals surface area (Å²) >= 11 is 6.74. The summed E-state index contributed by atoms with van der Waals surface area (Å²) in [6.07, 6.45) is 3.83. The van der Waals surface area contributed by atoms with Gasteiger partial charge in [-0.15, -0.1) is 6.58 Å². The van der Waals surface area contributed by atoms with Crippen LogP contribution in [0, 0.1) is 0 Å². The Morgan fingerprint density at radius 3 is 2.53 bits per heavy atom. The van der Waals surface area contributed by atoms with Crippen LogP contribution in [0.3, 0.4) is 0 Å². The lowest BCUT2D eigenvalue weighted by atomic mass is 10.0. The van der Waals surface area contributed by atoms with Crippen molar-refractivity contribution < 1.29 is 33.4 Å². The number of hydrogen-bond acceptors (Lipinski definition) is 8. The fourth-order valence-electron chi connectivity index (χ4n) is 3.65. The normalized spacial score (nSPS) is 14.0. The van der Waals surface area contributed by atoms with Crippen LogP contribution in [0.5, 0.6) is 11.5 Å². The number of nitrogens with zero attached hydrogens (tertiary/aromatic N) is 1. The number of carbonyl (C=O) groups is 4. The molecule has 3 rings (SSSR count). The zero-order valence-electron chi connectivity index (χ0n) is 21.2. The van der Waals surface area contributed by atoms with Crippen molar-refractivity contribution in [3.8, 4) is 11.5 Å². The molecule has 2 aromatic carbocycles. The van der Waals surface area contributed by atoms with Gasteiger partial charge in [0.15, 0.2) is 11.5 Å². The largest absolute Gasteiger partial charge is 0.490 e. The third kappa shape index (κ3) is 6.76. The van der Waals surface area contributed by atoms with Crippen LogP contribution >= 0.6 is 23.4 Å². The van der Waals surface area contributed by atoms with Crippen LogP contribution in [0.25, 0.3) is 6.08 Å². The van der Waals surface area contributed by atoms with Gasteiger partial charge in [0.05, 0.1) is 35.8 Å². The van der Waals surface area contributed by atoms with Crippen molar-refractivity contribution in [3.63, 3.8) is 0 Å². The summed E-state index contributed by atoms with van der Waals surface area (Å²) in [5.41, 5.74) is 1.79. The number of esters is 1. The summed E-state index contributed by atoms with van der Waals surface area (Å²) < 4.78 is 16.2. The smallest absolute Gasteiger partial charge is 0.339 e. The van der Waals surface area contributed by atoms with Gasteiger partial charge >= 0.3 is 5.97 Å². The summed E-state index contributed by atoms with van der Waals surface area (Å²) in [5.74, 6) is -0.764. The van der Waals surface area contributed by atoms with E-state index in [1.165, 1.54) is 25.3 Å². The number of allylic oxidation sites excluding steroid dienone is 1. The van der Waals surface area contributed by atoms with Crippen LogP contribution in [0.4, 0.5) is 10.5 Å². The van der Waals surface area contributed by atoms with E-state index >= 15 is 0 Å². The molecule has 3 amide bonds. The first-order valence-corrected chi connectivity index (χ1v) is 12.9. The predicted molar refractivity (Wildman–Crippen MR) is 147 cm³/mol. The minimum Gasteiger partial charge on any atom is -0.490 e. The van der Waals surface area contributed by atoms with Gasteiger partial charge in [0.25, 0.3) is 11.1 Å². The Kier molecular flexibility index (Phi) is 9.98. The molecule has 0 radical (unpaired) electrons. The third-order valence-corrected chi connectivity index (χ3v) is 6.47. The van der Waals surface area contributed by atoms with Crippen molar-refractivity contribution in [1.29, 1.82) is 0 Å². The maximum absolute atomic E-state index is 13.0. The van der Waals surface area contributed by atoms with Crippen molar-refractivity contribution in [2.75, 3.05) is 32.2 Å². The minimum atomic E-state index is -0.666. The highest BCUT2D eigenvalue weighted by Gasteiger charge is 2.36. The average molecular weight is 559 g/mol. The summed E-state index contributed by atoms with van der Waals surface area (Å²) in [4.78, 5) is 51.1. The molecule has 1 aliphatic heterocycles. The van der Waals surface area contributed by atoms with Gasteiger partial charge in [0, 0.05) is 11.3 Å². The molecule has 0 spiro atoms. The molecule has 0 unspecified atom stereocenters. The van der Waals surface area contributed by atoms with E-state index in [-0.39, 0.29) is 21.2 Å². The number of ether oxygens (including phenoxy) is 3. The van der Waals surface area contributed by atoms with Crippen molar-refractivity contribution in [3.05, 3.63) is 69.6 Å². The van der Waals surface area contributed by atoms with Crippen LogP contribution in [-0.4, -0.2) is 54.8 Å². The summed E-state index contributed by atoms with van der Waals surface area (Å²) in [6, 6.07) is 7.85. The molecule has 1 fully saturated rings. The molecule has 11 heteroatoms. The number of halogens is 1. The number of thioether (sulfide) groups is 1. The number of methoxy groups -OCH3 is 1. The number of hydrogen-bond donors (Lipinski definition) is 1. The van der Waals surface area contributed by atoms with Crippen molar-refractivity contribution in [2.45, 2.75) is 20.3 Å². The molecule has 2 aromatic rings.